The van der Waals surface area contributed by atoms with E-state index < -0.39 is 0 Å². The third kappa shape index (κ3) is 6.38. The quantitative estimate of drug-likeness (QED) is 0.310. The molecule has 2 heterocycles. The summed E-state index contributed by atoms with van der Waals surface area (Å²) in [6, 6.07) is 25.2. The van der Waals surface area contributed by atoms with Crippen LogP contribution >= 0.6 is 0 Å². The summed E-state index contributed by atoms with van der Waals surface area (Å²) < 4.78 is 0. The van der Waals surface area contributed by atoms with Crippen LogP contribution in [0.5, 0.6) is 0 Å². The number of rotatable bonds is 6. The molecule has 0 bridgehead atoms. The first-order valence-electron chi connectivity index (χ1n) is 15.5. The number of piperidine rings is 2. The van der Waals surface area contributed by atoms with Gasteiger partial charge in [0.05, 0.1) is 0 Å². The van der Waals surface area contributed by atoms with Crippen molar-refractivity contribution < 1.29 is 0 Å². The Morgan fingerprint density at radius 2 is 1.00 bits per heavy atom. The highest BCUT2D eigenvalue weighted by Crippen LogP contribution is 2.66. The molecule has 2 saturated heterocycles. The zero-order valence-corrected chi connectivity index (χ0v) is 25.1. The lowest BCUT2D eigenvalue weighted by molar-refractivity contribution is 0.262. The van der Waals surface area contributed by atoms with Crippen LogP contribution in [-0.2, 0) is 17.4 Å². The average Bonchev–Trinajstić information content (AvgIpc) is 3.46. The Bertz CT molecular complexity index is 1260. The van der Waals surface area contributed by atoms with Gasteiger partial charge in [-0.1, -0.05) is 133 Å². The summed E-state index contributed by atoms with van der Waals surface area (Å²) in [7, 11) is 0. The second kappa shape index (κ2) is 14.1. The minimum atomic E-state index is 0. The first-order valence-corrected chi connectivity index (χ1v) is 15.5. The highest BCUT2D eigenvalue weighted by Gasteiger charge is 2.67. The average molecular weight is 585 g/mol. The van der Waals surface area contributed by atoms with Crippen LogP contribution in [0.25, 0.3) is 0 Å². The predicted octanol–water partition coefficient (Wildman–Crippen LogP) is 10.1. The van der Waals surface area contributed by atoms with Gasteiger partial charge >= 0.3 is 0 Å². The van der Waals surface area contributed by atoms with E-state index in [1.54, 1.807) is 11.1 Å². The summed E-state index contributed by atoms with van der Waals surface area (Å²) >= 11 is 0. The summed E-state index contributed by atoms with van der Waals surface area (Å²) in [4.78, 5) is 2.65. The molecule has 2 aliphatic carbocycles. The number of aryl methyl sites for hydroxylation is 4. The van der Waals surface area contributed by atoms with E-state index in [0.29, 0.717) is 10.8 Å². The van der Waals surface area contributed by atoms with Crippen molar-refractivity contribution in [1.82, 2.24) is 10.2 Å². The maximum absolute atomic E-state index is 3.51. The smallest absolute Gasteiger partial charge is 0.0233 e. The summed E-state index contributed by atoms with van der Waals surface area (Å²) in [6.07, 6.45) is 2.58. The van der Waals surface area contributed by atoms with E-state index in [4.69, 9.17) is 0 Å². The van der Waals surface area contributed by atoms with E-state index in [2.05, 4.69) is 118 Å². The number of benzene rings is 3. The fourth-order valence-electron chi connectivity index (χ4n) is 9.23. The lowest BCUT2D eigenvalue weighted by atomic mass is 9.85. The Hall–Kier alpha value is -2.42. The van der Waals surface area contributed by atoms with E-state index in [1.165, 1.54) is 66.8 Å². The number of nitrogens with zero attached hydrogens (tertiary/aromatic N) is 1. The van der Waals surface area contributed by atoms with Crippen molar-refractivity contribution in [1.29, 1.82) is 0 Å². The third-order valence-corrected chi connectivity index (χ3v) is 11.0. The molecular weight excluding hydrogens is 520 g/mol. The second-order valence-electron chi connectivity index (χ2n) is 13.3. The molecule has 2 saturated carbocycles. The van der Waals surface area contributed by atoms with Crippen molar-refractivity contribution in [2.24, 2.45) is 23.7 Å². The predicted molar refractivity (Wildman–Crippen MR) is 191 cm³/mol. The van der Waals surface area contributed by atoms with Crippen molar-refractivity contribution in [3.8, 4) is 0 Å². The molecule has 2 aliphatic heterocycles. The van der Waals surface area contributed by atoms with Crippen LogP contribution in [0.4, 0.5) is 0 Å². The van der Waals surface area contributed by atoms with Gasteiger partial charge < -0.3 is 5.32 Å². The van der Waals surface area contributed by atoms with Crippen molar-refractivity contribution in [2.75, 3.05) is 26.2 Å². The normalized spacial score (nSPS) is 29.3. The zero-order chi connectivity index (χ0) is 27.4. The number of hydrogen-bond acceptors (Lipinski definition) is 2. The van der Waals surface area contributed by atoms with Gasteiger partial charge in [0.15, 0.2) is 0 Å². The van der Waals surface area contributed by atoms with Gasteiger partial charge in [0.2, 0.25) is 0 Å². The van der Waals surface area contributed by atoms with Crippen molar-refractivity contribution in [3.63, 3.8) is 0 Å². The van der Waals surface area contributed by atoms with E-state index in [1.807, 2.05) is 0 Å². The van der Waals surface area contributed by atoms with Gasteiger partial charge in [-0.2, -0.15) is 0 Å². The van der Waals surface area contributed by atoms with Gasteiger partial charge in [-0.25, -0.2) is 0 Å². The first-order chi connectivity index (χ1) is 18.8. The Kier molecular flexibility index (Phi) is 12.1. The maximum atomic E-state index is 3.51. The van der Waals surface area contributed by atoms with Crippen LogP contribution in [0.1, 0.15) is 95.3 Å². The number of nitrogens with one attached hydrogen (secondary N) is 1. The lowest BCUT2D eigenvalue weighted by Crippen LogP contribution is -2.29. The summed E-state index contributed by atoms with van der Waals surface area (Å²) in [5.41, 5.74) is 11.3. The second-order valence-corrected chi connectivity index (χ2v) is 13.3. The lowest BCUT2D eigenvalue weighted by Gasteiger charge is -2.27. The molecule has 0 amide bonds. The maximum Gasteiger partial charge on any atom is 0.0233 e. The molecule has 3 aromatic carbocycles. The summed E-state index contributed by atoms with van der Waals surface area (Å²) in [5.74, 6) is 3.52. The fraction of sp³-hybridized carbons (Fsp3) is 0.561. The van der Waals surface area contributed by atoms with Gasteiger partial charge in [-0.05, 0) is 94.0 Å². The van der Waals surface area contributed by atoms with Gasteiger partial charge in [0.1, 0.15) is 0 Å². The molecular formula is C41H64N2. The van der Waals surface area contributed by atoms with Crippen LogP contribution in [0, 0.1) is 51.4 Å². The molecule has 7 rings (SSSR count). The zero-order valence-electron chi connectivity index (χ0n) is 25.1. The Balaban J connectivity index is 0.000000288. The van der Waals surface area contributed by atoms with E-state index in [-0.39, 0.29) is 29.7 Å². The van der Waals surface area contributed by atoms with Crippen LogP contribution in [0.2, 0.25) is 0 Å². The Morgan fingerprint density at radius 3 is 1.40 bits per heavy atom. The topological polar surface area (TPSA) is 15.3 Å². The fourth-order valence-corrected chi connectivity index (χ4v) is 9.23. The van der Waals surface area contributed by atoms with Crippen LogP contribution in [-0.4, -0.2) is 31.1 Å². The van der Waals surface area contributed by atoms with Crippen molar-refractivity contribution in [3.05, 3.63) is 106 Å². The Labute approximate surface area is 266 Å². The summed E-state index contributed by atoms with van der Waals surface area (Å²) in [6.45, 7) is 19.7. The molecule has 0 spiro atoms. The SMILES string of the molecule is C.C.C.C.CCC1(c2cc(C)cc(C)c2)[C@@H]2CN(Cc3ccccc3)C[C@@H]21.CCC1(c2cc(C)cc(C)c2)[C@@H]2CNC[C@@H]21. The van der Waals surface area contributed by atoms with Crippen LogP contribution in [0.3, 0.4) is 0 Å². The van der Waals surface area contributed by atoms with E-state index in [9.17, 15) is 0 Å². The minimum Gasteiger partial charge on any atom is -0.316 e. The largest absolute Gasteiger partial charge is 0.316 e. The van der Waals surface area contributed by atoms with E-state index in [0.717, 1.165) is 30.2 Å². The molecule has 6 atom stereocenters. The standard InChI is InChI=1S/C22H27N.C15H21N.4CH4/c1-4-22(19-11-16(2)10-17(3)12-19)20-14-23(15-21(20)22)13-18-8-6-5-7-9-18;1-4-15(13-8-16-9-14(13)15)12-6-10(2)5-11(3)7-12;;;;/h5-12,20-21H,4,13-15H2,1-3H3;5-7,13-14,16H,4,8-9H2,1-3H3;4*1H4/t20-,21+,22?;13-,14+,15?;;;;. The highest BCUT2D eigenvalue weighted by molar-refractivity contribution is 5.44. The highest BCUT2D eigenvalue weighted by atomic mass is 15.2. The minimum absolute atomic E-state index is 0. The Morgan fingerprint density at radius 1 is 0.605 bits per heavy atom. The summed E-state index contributed by atoms with van der Waals surface area (Å²) in [5, 5.41) is 3.51. The third-order valence-electron chi connectivity index (χ3n) is 11.0. The molecule has 0 radical (unpaired) electrons. The molecule has 2 nitrogen and oxygen atoms in total. The molecule has 4 aliphatic rings. The monoisotopic (exact) mass is 585 g/mol. The van der Waals surface area contributed by atoms with Gasteiger partial charge in [0, 0.05) is 30.5 Å². The molecule has 43 heavy (non-hydrogen) atoms. The van der Waals surface area contributed by atoms with Crippen LogP contribution in [0.15, 0.2) is 66.7 Å². The first kappa shape index (κ1) is 36.8. The molecule has 3 aromatic rings. The van der Waals surface area contributed by atoms with Crippen molar-refractivity contribution >= 4 is 0 Å². The van der Waals surface area contributed by atoms with Gasteiger partial charge in [-0.3, -0.25) is 4.90 Å². The number of hydrogen-bond donors (Lipinski definition) is 1. The van der Waals surface area contributed by atoms with E-state index >= 15 is 0 Å². The molecule has 2 unspecified atom stereocenters. The molecule has 4 fully saturated rings. The van der Waals surface area contributed by atoms with Crippen LogP contribution < -0.4 is 5.32 Å². The molecule has 0 aromatic heterocycles. The van der Waals surface area contributed by atoms with Gasteiger partial charge in [-0.15, -0.1) is 0 Å². The number of fused-ring (bicyclic) bond motifs is 2. The van der Waals surface area contributed by atoms with Gasteiger partial charge in [0.25, 0.3) is 0 Å². The molecule has 2 heteroatoms. The molecule has 1 N–H and O–H groups in total. The number of likely N-dealkylation sites (tertiary alicyclic amines) is 1. The molecule has 238 valence electrons. The van der Waals surface area contributed by atoms with Crippen molar-refractivity contribution in [2.45, 2.75) is 101 Å².